The Hall–Kier alpha value is -2.58. The first-order chi connectivity index (χ1) is 14.6. The van der Waals surface area contributed by atoms with E-state index in [1.807, 2.05) is 55.1 Å². The highest BCUT2D eigenvalue weighted by molar-refractivity contribution is 7.93. The van der Waals surface area contributed by atoms with Crippen molar-refractivity contribution in [3.8, 4) is 0 Å². The zero-order chi connectivity index (χ0) is 22.6. The predicted molar refractivity (Wildman–Crippen MR) is 124 cm³/mol. The van der Waals surface area contributed by atoms with E-state index in [0.717, 1.165) is 11.3 Å². The van der Waals surface area contributed by atoms with Crippen LogP contribution in [0.1, 0.15) is 43.6 Å². The molecule has 1 amide bonds. The van der Waals surface area contributed by atoms with Crippen molar-refractivity contribution < 1.29 is 17.9 Å². The van der Waals surface area contributed by atoms with Gasteiger partial charge in [-0.1, -0.05) is 18.2 Å². The van der Waals surface area contributed by atoms with Gasteiger partial charge in [-0.25, -0.2) is 8.42 Å². The SMILES string of the molecule is CC1CN(C(=O)c2cccc(NCc3ccc(NS(=O)(=O)C(C)C)cc3)c2)CC(C)O1. The summed E-state index contributed by atoms with van der Waals surface area (Å²) >= 11 is 0. The Morgan fingerprint density at radius 3 is 2.32 bits per heavy atom. The van der Waals surface area contributed by atoms with Crippen molar-refractivity contribution in [1.29, 1.82) is 0 Å². The molecule has 8 heteroatoms. The summed E-state index contributed by atoms with van der Waals surface area (Å²) < 4.78 is 32.2. The molecular formula is C23H31N3O4S. The Labute approximate surface area is 184 Å². The summed E-state index contributed by atoms with van der Waals surface area (Å²) in [6, 6.07) is 14.7. The van der Waals surface area contributed by atoms with Crippen molar-refractivity contribution in [3.05, 3.63) is 59.7 Å². The van der Waals surface area contributed by atoms with Crippen LogP contribution in [0, 0.1) is 0 Å². The number of carbonyl (C=O) groups is 1. The van der Waals surface area contributed by atoms with Gasteiger partial charge in [0.2, 0.25) is 10.0 Å². The zero-order valence-corrected chi connectivity index (χ0v) is 19.3. The number of carbonyl (C=O) groups excluding carboxylic acids is 1. The van der Waals surface area contributed by atoms with Crippen LogP contribution in [0.4, 0.5) is 11.4 Å². The molecule has 1 heterocycles. The lowest BCUT2D eigenvalue weighted by molar-refractivity contribution is -0.0586. The normalized spacial score (nSPS) is 19.3. The maximum Gasteiger partial charge on any atom is 0.254 e. The largest absolute Gasteiger partial charge is 0.381 e. The van der Waals surface area contributed by atoms with Gasteiger partial charge in [0.05, 0.1) is 17.5 Å². The summed E-state index contributed by atoms with van der Waals surface area (Å²) in [5.74, 6) is 0.00689. The molecule has 2 unspecified atom stereocenters. The van der Waals surface area contributed by atoms with E-state index in [1.54, 1.807) is 26.0 Å². The van der Waals surface area contributed by atoms with Gasteiger partial charge in [0, 0.05) is 36.6 Å². The topological polar surface area (TPSA) is 87.7 Å². The number of hydrogen-bond donors (Lipinski definition) is 2. The third-order valence-corrected chi connectivity index (χ3v) is 6.91. The summed E-state index contributed by atoms with van der Waals surface area (Å²) in [5, 5.41) is 2.84. The van der Waals surface area contributed by atoms with E-state index in [-0.39, 0.29) is 18.1 Å². The quantitative estimate of drug-likeness (QED) is 0.679. The predicted octanol–water partition coefficient (Wildman–Crippen LogP) is 3.70. The minimum absolute atomic E-state index is 0.00689. The lowest BCUT2D eigenvalue weighted by Gasteiger charge is -2.35. The summed E-state index contributed by atoms with van der Waals surface area (Å²) in [5.41, 5.74) is 3.04. The van der Waals surface area contributed by atoms with Crippen molar-refractivity contribution >= 4 is 27.3 Å². The van der Waals surface area contributed by atoms with Crippen LogP contribution in [0.2, 0.25) is 0 Å². The van der Waals surface area contributed by atoms with Crippen LogP contribution in [0.25, 0.3) is 0 Å². The number of benzene rings is 2. The lowest BCUT2D eigenvalue weighted by Crippen LogP contribution is -2.48. The van der Waals surface area contributed by atoms with Gasteiger partial charge in [0.25, 0.3) is 5.91 Å². The molecule has 2 aromatic carbocycles. The highest BCUT2D eigenvalue weighted by Gasteiger charge is 2.26. The lowest BCUT2D eigenvalue weighted by atomic mass is 10.1. The maximum atomic E-state index is 12.9. The molecule has 31 heavy (non-hydrogen) atoms. The highest BCUT2D eigenvalue weighted by atomic mass is 32.2. The molecule has 1 saturated heterocycles. The molecule has 0 spiro atoms. The van der Waals surface area contributed by atoms with Crippen LogP contribution in [0.3, 0.4) is 0 Å². The number of rotatable bonds is 7. The minimum atomic E-state index is -3.36. The number of anilines is 2. The van der Waals surface area contributed by atoms with Gasteiger partial charge in [-0.3, -0.25) is 9.52 Å². The number of hydrogen-bond acceptors (Lipinski definition) is 5. The van der Waals surface area contributed by atoms with E-state index in [0.29, 0.717) is 30.9 Å². The Kier molecular flexibility index (Phi) is 7.23. The minimum Gasteiger partial charge on any atom is -0.381 e. The van der Waals surface area contributed by atoms with Gasteiger partial charge in [0.15, 0.2) is 0 Å². The Morgan fingerprint density at radius 2 is 1.71 bits per heavy atom. The van der Waals surface area contributed by atoms with Gasteiger partial charge in [0.1, 0.15) is 0 Å². The van der Waals surface area contributed by atoms with Gasteiger partial charge in [-0.05, 0) is 63.6 Å². The molecule has 0 radical (unpaired) electrons. The third-order valence-electron chi connectivity index (χ3n) is 5.15. The van der Waals surface area contributed by atoms with E-state index in [4.69, 9.17) is 4.74 Å². The molecule has 0 bridgehead atoms. The maximum absolute atomic E-state index is 12.9. The summed E-state index contributed by atoms with van der Waals surface area (Å²) in [7, 11) is -3.36. The molecular weight excluding hydrogens is 414 g/mol. The second-order valence-electron chi connectivity index (χ2n) is 8.29. The molecule has 0 aliphatic carbocycles. The number of amides is 1. The molecule has 168 valence electrons. The summed E-state index contributed by atoms with van der Waals surface area (Å²) in [6.45, 7) is 8.97. The number of ether oxygens (including phenoxy) is 1. The first-order valence-electron chi connectivity index (χ1n) is 10.5. The standard InChI is InChI=1S/C23H31N3O4S/c1-16(2)31(28,29)25-21-10-8-19(9-11-21)13-24-22-7-5-6-20(12-22)23(27)26-14-17(3)30-18(4)15-26/h5-12,16-18,24-25H,13-15H2,1-4H3. The second-order valence-corrected chi connectivity index (χ2v) is 10.5. The van der Waals surface area contributed by atoms with E-state index in [9.17, 15) is 13.2 Å². The fourth-order valence-corrected chi connectivity index (χ4v) is 4.17. The first-order valence-corrected chi connectivity index (χ1v) is 12.1. The monoisotopic (exact) mass is 445 g/mol. The fraction of sp³-hybridized carbons (Fsp3) is 0.435. The highest BCUT2D eigenvalue weighted by Crippen LogP contribution is 2.19. The van der Waals surface area contributed by atoms with Gasteiger partial charge >= 0.3 is 0 Å². The van der Waals surface area contributed by atoms with Gasteiger partial charge in [-0.15, -0.1) is 0 Å². The average molecular weight is 446 g/mol. The molecule has 2 N–H and O–H groups in total. The molecule has 0 saturated carbocycles. The van der Waals surface area contributed by atoms with E-state index in [2.05, 4.69) is 10.0 Å². The number of sulfonamides is 1. The van der Waals surface area contributed by atoms with Crippen LogP contribution >= 0.6 is 0 Å². The van der Waals surface area contributed by atoms with Crippen molar-refractivity contribution in [2.24, 2.45) is 0 Å². The second kappa shape index (κ2) is 9.70. The molecule has 1 fully saturated rings. The fourth-order valence-electron chi connectivity index (χ4n) is 3.47. The number of nitrogens with one attached hydrogen (secondary N) is 2. The Balaban J connectivity index is 1.61. The third kappa shape index (κ3) is 6.21. The number of nitrogens with zero attached hydrogens (tertiary/aromatic N) is 1. The van der Waals surface area contributed by atoms with Crippen LogP contribution in [0.5, 0.6) is 0 Å². The zero-order valence-electron chi connectivity index (χ0n) is 18.5. The molecule has 7 nitrogen and oxygen atoms in total. The summed E-state index contributed by atoms with van der Waals surface area (Å²) in [6.07, 6.45) is 0.0592. The van der Waals surface area contributed by atoms with Crippen LogP contribution < -0.4 is 10.0 Å². The Bertz CT molecular complexity index is 996. The molecule has 2 atom stereocenters. The number of morpholine rings is 1. The van der Waals surface area contributed by atoms with E-state index >= 15 is 0 Å². The van der Waals surface area contributed by atoms with Crippen LogP contribution in [-0.4, -0.2) is 49.8 Å². The molecule has 3 rings (SSSR count). The molecule has 2 aromatic rings. The van der Waals surface area contributed by atoms with Crippen LogP contribution in [0.15, 0.2) is 48.5 Å². The van der Waals surface area contributed by atoms with Crippen LogP contribution in [-0.2, 0) is 21.3 Å². The van der Waals surface area contributed by atoms with Crippen molar-refractivity contribution in [1.82, 2.24) is 4.90 Å². The van der Waals surface area contributed by atoms with E-state index in [1.165, 1.54) is 0 Å². The van der Waals surface area contributed by atoms with Gasteiger partial charge in [-0.2, -0.15) is 0 Å². The van der Waals surface area contributed by atoms with E-state index < -0.39 is 15.3 Å². The van der Waals surface area contributed by atoms with Crippen molar-refractivity contribution in [2.45, 2.75) is 51.7 Å². The van der Waals surface area contributed by atoms with Gasteiger partial charge < -0.3 is 15.0 Å². The molecule has 1 aliphatic heterocycles. The first kappa shape index (κ1) is 23.1. The smallest absolute Gasteiger partial charge is 0.254 e. The average Bonchev–Trinajstić information content (AvgIpc) is 2.72. The molecule has 1 aliphatic rings. The molecule has 0 aromatic heterocycles. The summed E-state index contributed by atoms with van der Waals surface area (Å²) in [4.78, 5) is 14.7. The Morgan fingerprint density at radius 1 is 1.06 bits per heavy atom. The van der Waals surface area contributed by atoms with Crippen molar-refractivity contribution in [3.63, 3.8) is 0 Å². The van der Waals surface area contributed by atoms with Crippen molar-refractivity contribution in [2.75, 3.05) is 23.1 Å².